The number of hydrogen-bond acceptors (Lipinski definition) is 3. The fourth-order valence-corrected chi connectivity index (χ4v) is 0.951. The Hall–Kier alpha value is -0.350. The first-order chi connectivity index (χ1) is 5.06. The highest BCUT2D eigenvalue weighted by Crippen LogP contribution is 1.91. The molecule has 0 fully saturated rings. The third-order valence-electron chi connectivity index (χ3n) is 0.984. The SMILES string of the molecule is CC/C=C\CCOS(C)(=O)=O. The maximum atomic E-state index is 10.4. The van der Waals surface area contributed by atoms with Crippen LogP contribution in [0.3, 0.4) is 0 Å². The standard InChI is InChI=1S/C7H14O3S/c1-3-4-5-6-7-10-11(2,8)9/h4-5H,3,6-7H2,1-2H3/b5-4-. The smallest absolute Gasteiger partial charge is 0.264 e. The average Bonchev–Trinajstić information content (AvgIpc) is 1.85. The van der Waals surface area contributed by atoms with Crippen LogP contribution < -0.4 is 0 Å². The van der Waals surface area contributed by atoms with Crippen LogP contribution in [0.25, 0.3) is 0 Å². The van der Waals surface area contributed by atoms with E-state index in [1.165, 1.54) is 0 Å². The zero-order chi connectivity index (χ0) is 8.74. The molecule has 0 spiro atoms. The van der Waals surface area contributed by atoms with Crippen LogP contribution in [0, 0.1) is 0 Å². The van der Waals surface area contributed by atoms with Crippen LogP contribution >= 0.6 is 0 Å². The van der Waals surface area contributed by atoms with Gasteiger partial charge in [0.25, 0.3) is 10.1 Å². The summed E-state index contributed by atoms with van der Waals surface area (Å²) in [6.45, 7) is 2.27. The molecule has 0 unspecified atom stereocenters. The minimum absolute atomic E-state index is 0.245. The van der Waals surface area contributed by atoms with Crippen LogP contribution in [0.2, 0.25) is 0 Å². The molecule has 0 atom stereocenters. The van der Waals surface area contributed by atoms with Gasteiger partial charge in [-0.25, -0.2) is 0 Å². The van der Waals surface area contributed by atoms with E-state index in [4.69, 9.17) is 0 Å². The Bertz CT molecular complexity index is 204. The van der Waals surface area contributed by atoms with Crippen LogP contribution in [-0.2, 0) is 14.3 Å². The maximum Gasteiger partial charge on any atom is 0.264 e. The van der Waals surface area contributed by atoms with E-state index in [2.05, 4.69) is 4.18 Å². The Morgan fingerprint density at radius 3 is 2.45 bits per heavy atom. The summed E-state index contributed by atoms with van der Waals surface area (Å²) in [6.07, 6.45) is 6.56. The molecule has 0 aliphatic carbocycles. The molecular weight excluding hydrogens is 164 g/mol. The predicted molar refractivity (Wildman–Crippen MR) is 44.8 cm³/mol. The summed E-state index contributed by atoms with van der Waals surface area (Å²) < 4.78 is 25.3. The lowest BCUT2D eigenvalue weighted by Crippen LogP contribution is -2.02. The van der Waals surface area contributed by atoms with Gasteiger partial charge in [-0.05, 0) is 12.8 Å². The van der Waals surface area contributed by atoms with E-state index in [-0.39, 0.29) is 6.61 Å². The summed E-state index contributed by atoms with van der Waals surface area (Å²) in [6, 6.07) is 0. The van der Waals surface area contributed by atoms with Crippen LogP contribution in [0.1, 0.15) is 19.8 Å². The van der Waals surface area contributed by atoms with Crippen molar-refractivity contribution in [3.05, 3.63) is 12.2 Å². The molecular formula is C7H14O3S. The van der Waals surface area contributed by atoms with E-state index in [9.17, 15) is 8.42 Å². The summed E-state index contributed by atoms with van der Waals surface area (Å²) in [5, 5.41) is 0. The lowest BCUT2D eigenvalue weighted by Gasteiger charge is -1.95. The Balaban J connectivity index is 3.36. The first-order valence-electron chi connectivity index (χ1n) is 3.55. The average molecular weight is 178 g/mol. The molecule has 0 aromatic rings. The summed E-state index contributed by atoms with van der Waals surface area (Å²) in [5.41, 5.74) is 0. The Morgan fingerprint density at radius 1 is 1.36 bits per heavy atom. The second kappa shape index (κ2) is 5.32. The van der Waals surface area contributed by atoms with Gasteiger partial charge in [0.2, 0.25) is 0 Å². The Labute approximate surface area is 68.2 Å². The number of rotatable bonds is 5. The van der Waals surface area contributed by atoms with E-state index in [1.807, 2.05) is 19.1 Å². The molecule has 0 aliphatic rings. The highest BCUT2D eigenvalue weighted by Gasteiger charge is 1.97. The van der Waals surface area contributed by atoms with Gasteiger partial charge in [-0.2, -0.15) is 8.42 Å². The lowest BCUT2D eigenvalue weighted by molar-refractivity contribution is 0.328. The highest BCUT2D eigenvalue weighted by molar-refractivity contribution is 7.85. The van der Waals surface area contributed by atoms with Crippen molar-refractivity contribution in [2.24, 2.45) is 0 Å². The van der Waals surface area contributed by atoms with E-state index >= 15 is 0 Å². The third-order valence-corrected chi connectivity index (χ3v) is 1.58. The zero-order valence-electron chi connectivity index (χ0n) is 6.91. The minimum Gasteiger partial charge on any atom is -0.270 e. The molecule has 0 rings (SSSR count). The van der Waals surface area contributed by atoms with Gasteiger partial charge in [0.15, 0.2) is 0 Å². The molecule has 4 heteroatoms. The summed E-state index contributed by atoms with van der Waals surface area (Å²) in [5.74, 6) is 0. The Kier molecular flexibility index (Phi) is 5.15. The van der Waals surface area contributed by atoms with Gasteiger partial charge >= 0.3 is 0 Å². The van der Waals surface area contributed by atoms with Crippen molar-refractivity contribution >= 4 is 10.1 Å². The second-order valence-electron chi connectivity index (χ2n) is 2.19. The minimum atomic E-state index is -3.25. The van der Waals surface area contributed by atoms with Crippen molar-refractivity contribution in [3.8, 4) is 0 Å². The quantitative estimate of drug-likeness (QED) is 0.362. The zero-order valence-corrected chi connectivity index (χ0v) is 7.73. The van der Waals surface area contributed by atoms with Crippen molar-refractivity contribution < 1.29 is 12.6 Å². The lowest BCUT2D eigenvalue weighted by atomic mass is 10.3. The van der Waals surface area contributed by atoms with E-state index in [0.29, 0.717) is 6.42 Å². The van der Waals surface area contributed by atoms with Crippen LogP contribution in [0.5, 0.6) is 0 Å². The third kappa shape index (κ3) is 9.65. The van der Waals surface area contributed by atoms with Gasteiger partial charge in [0.05, 0.1) is 12.9 Å². The van der Waals surface area contributed by atoms with Gasteiger partial charge in [0, 0.05) is 0 Å². The molecule has 11 heavy (non-hydrogen) atoms. The van der Waals surface area contributed by atoms with Crippen molar-refractivity contribution in [1.82, 2.24) is 0 Å². The molecule has 0 aliphatic heterocycles. The Morgan fingerprint density at radius 2 is 2.00 bits per heavy atom. The topological polar surface area (TPSA) is 43.4 Å². The molecule has 66 valence electrons. The molecule has 3 nitrogen and oxygen atoms in total. The summed E-state index contributed by atoms with van der Waals surface area (Å²) >= 11 is 0. The van der Waals surface area contributed by atoms with E-state index in [0.717, 1.165) is 12.7 Å². The van der Waals surface area contributed by atoms with E-state index < -0.39 is 10.1 Å². The van der Waals surface area contributed by atoms with Crippen molar-refractivity contribution in [3.63, 3.8) is 0 Å². The van der Waals surface area contributed by atoms with E-state index in [1.54, 1.807) is 0 Å². The molecule has 0 heterocycles. The van der Waals surface area contributed by atoms with Crippen LogP contribution in [-0.4, -0.2) is 21.3 Å². The second-order valence-corrected chi connectivity index (χ2v) is 3.84. The van der Waals surface area contributed by atoms with Gasteiger partial charge < -0.3 is 0 Å². The predicted octanol–water partition coefficient (Wildman–Crippen LogP) is 1.32. The normalized spacial score (nSPS) is 12.5. The van der Waals surface area contributed by atoms with Crippen molar-refractivity contribution in [2.75, 3.05) is 12.9 Å². The molecule has 0 aromatic heterocycles. The molecule has 0 radical (unpaired) electrons. The number of hydrogen-bond donors (Lipinski definition) is 0. The molecule has 0 bridgehead atoms. The molecule has 0 saturated heterocycles. The summed E-state index contributed by atoms with van der Waals surface area (Å²) in [4.78, 5) is 0. The summed E-state index contributed by atoms with van der Waals surface area (Å²) in [7, 11) is -3.25. The van der Waals surface area contributed by atoms with Crippen LogP contribution in [0.4, 0.5) is 0 Å². The van der Waals surface area contributed by atoms with Gasteiger partial charge in [-0.3, -0.25) is 4.18 Å². The first-order valence-corrected chi connectivity index (χ1v) is 5.37. The maximum absolute atomic E-state index is 10.4. The molecule has 0 aromatic carbocycles. The van der Waals surface area contributed by atoms with Crippen molar-refractivity contribution in [1.29, 1.82) is 0 Å². The fourth-order valence-electron chi connectivity index (χ4n) is 0.552. The van der Waals surface area contributed by atoms with Gasteiger partial charge in [-0.15, -0.1) is 0 Å². The van der Waals surface area contributed by atoms with Gasteiger partial charge in [0.1, 0.15) is 0 Å². The first kappa shape index (κ1) is 10.7. The largest absolute Gasteiger partial charge is 0.270 e. The van der Waals surface area contributed by atoms with Gasteiger partial charge in [-0.1, -0.05) is 19.1 Å². The molecule has 0 saturated carbocycles. The fraction of sp³-hybridized carbons (Fsp3) is 0.714. The molecule has 0 amide bonds. The monoisotopic (exact) mass is 178 g/mol. The molecule has 0 N–H and O–H groups in total. The number of allylic oxidation sites excluding steroid dienone is 1. The van der Waals surface area contributed by atoms with Crippen LogP contribution in [0.15, 0.2) is 12.2 Å². The highest BCUT2D eigenvalue weighted by atomic mass is 32.2. The van der Waals surface area contributed by atoms with Crippen molar-refractivity contribution in [2.45, 2.75) is 19.8 Å².